The van der Waals surface area contributed by atoms with Gasteiger partial charge in [-0.3, -0.25) is 5.21 Å². The number of hydrogen-bond donors (Lipinski definition) is 1. The average Bonchev–Trinajstić information content (AvgIpc) is 2.56. The zero-order valence-electron chi connectivity index (χ0n) is 13.5. The van der Waals surface area contributed by atoms with Crippen molar-refractivity contribution in [3.63, 3.8) is 0 Å². The molecule has 2 aromatic carbocycles. The first-order valence-corrected chi connectivity index (χ1v) is 8.26. The van der Waals surface area contributed by atoms with E-state index in [-0.39, 0.29) is 12.3 Å². The van der Waals surface area contributed by atoms with E-state index in [4.69, 9.17) is 16.3 Å². The van der Waals surface area contributed by atoms with E-state index in [1.54, 1.807) is 18.2 Å². The summed E-state index contributed by atoms with van der Waals surface area (Å²) >= 11 is 9.67. The van der Waals surface area contributed by atoms with Crippen LogP contribution in [0.4, 0.5) is 10.5 Å². The summed E-state index contributed by atoms with van der Waals surface area (Å²) in [6, 6.07) is 8.71. The van der Waals surface area contributed by atoms with Crippen LogP contribution in [0.25, 0.3) is 0 Å². The third-order valence-electron chi connectivity index (χ3n) is 3.59. The normalized spacial score (nSPS) is 10.4. The molecule has 0 aliphatic heterocycles. The van der Waals surface area contributed by atoms with Crippen LogP contribution in [-0.2, 0) is 11.3 Å². The summed E-state index contributed by atoms with van der Waals surface area (Å²) in [7, 11) is 1.18. The molecule has 0 fully saturated rings. The molecule has 2 rings (SSSR count). The molecule has 0 aliphatic carbocycles. The second-order valence-electron chi connectivity index (χ2n) is 5.17. The first-order chi connectivity index (χ1) is 11.3. The first kappa shape index (κ1) is 18.6. The van der Waals surface area contributed by atoms with Crippen molar-refractivity contribution in [3.8, 4) is 5.75 Å². The molecule has 0 heterocycles. The van der Waals surface area contributed by atoms with Gasteiger partial charge < -0.3 is 9.47 Å². The summed E-state index contributed by atoms with van der Waals surface area (Å²) in [5, 5.41) is 10.7. The molecule has 0 spiro atoms. The summed E-state index contributed by atoms with van der Waals surface area (Å²) in [5.74, 6) is 0.645. The van der Waals surface area contributed by atoms with E-state index < -0.39 is 6.09 Å². The fourth-order valence-electron chi connectivity index (χ4n) is 2.09. The Labute approximate surface area is 153 Å². The van der Waals surface area contributed by atoms with Gasteiger partial charge in [-0.05, 0) is 65.2 Å². The number of carbonyl (C=O) groups is 1. The molecule has 0 bridgehead atoms. The summed E-state index contributed by atoms with van der Waals surface area (Å²) in [6.45, 7) is 4.07. The number of benzene rings is 2. The zero-order chi connectivity index (χ0) is 17.9. The standard InChI is InChI=1S/C17H17BrClNO4/c1-10-7-13(18)16(8-11(10)2)24-9-12-14(19)5-4-6-15(12)20(22)17(21)23-3/h4-8,22H,9H2,1-3H3. The Morgan fingerprint density at radius 2 is 1.96 bits per heavy atom. The zero-order valence-corrected chi connectivity index (χ0v) is 15.8. The second kappa shape index (κ2) is 7.88. The fourth-order valence-corrected chi connectivity index (χ4v) is 2.88. The van der Waals surface area contributed by atoms with Crippen LogP contribution in [0.5, 0.6) is 5.75 Å². The molecular formula is C17H17BrClNO4. The van der Waals surface area contributed by atoms with Crippen molar-refractivity contribution < 1.29 is 19.5 Å². The van der Waals surface area contributed by atoms with Gasteiger partial charge in [0.2, 0.25) is 0 Å². The van der Waals surface area contributed by atoms with Gasteiger partial charge in [0, 0.05) is 10.6 Å². The number of aryl methyl sites for hydroxylation is 2. The molecule has 5 nitrogen and oxygen atoms in total. The van der Waals surface area contributed by atoms with Gasteiger partial charge in [-0.25, -0.2) is 4.79 Å². The molecule has 128 valence electrons. The molecule has 0 saturated heterocycles. The number of nitrogens with zero attached hydrogens (tertiary/aromatic N) is 1. The van der Waals surface area contributed by atoms with Crippen molar-refractivity contribution >= 4 is 39.3 Å². The van der Waals surface area contributed by atoms with E-state index in [2.05, 4.69) is 20.7 Å². The van der Waals surface area contributed by atoms with E-state index in [9.17, 15) is 10.0 Å². The maximum Gasteiger partial charge on any atom is 0.438 e. The van der Waals surface area contributed by atoms with E-state index in [0.29, 0.717) is 21.4 Å². The number of hydrogen-bond acceptors (Lipinski definition) is 4. The highest BCUT2D eigenvalue weighted by Gasteiger charge is 2.19. The molecule has 7 heteroatoms. The SMILES string of the molecule is COC(=O)N(O)c1cccc(Cl)c1COc1cc(C)c(C)cc1Br. The minimum atomic E-state index is -0.911. The van der Waals surface area contributed by atoms with Crippen molar-refractivity contribution in [3.05, 3.63) is 56.5 Å². The van der Waals surface area contributed by atoms with Gasteiger partial charge in [-0.15, -0.1) is 0 Å². The van der Waals surface area contributed by atoms with Gasteiger partial charge in [0.15, 0.2) is 0 Å². The molecule has 1 N–H and O–H groups in total. The lowest BCUT2D eigenvalue weighted by Gasteiger charge is -2.19. The van der Waals surface area contributed by atoms with Crippen molar-refractivity contribution in [2.24, 2.45) is 0 Å². The quantitative estimate of drug-likeness (QED) is 0.547. The fraction of sp³-hybridized carbons (Fsp3) is 0.235. The summed E-state index contributed by atoms with van der Waals surface area (Å²) in [5.41, 5.74) is 2.90. The van der Waals surface area contributed by atoms with Crippen LogP contribution >= 0.6 is 27.5 Å². The maximum absolute atomic E-state index is 11.5. The van der Waals surface area contributed by atoms with Crippen molar-refractivity contribution in [1.29, 1.82) is 0 Å². The van der Waals surface area contributed by atoms with E-state index >= 15 is 0 Å². The lowest BCUT2D eigenvalue weighted by molar-refractivity contribution is 0.140. The third-order valence-corrected chi connectivity index (χ3v) is 4.56. The molecule has 0 unspecified atom stereocenters. The van der Waals surface area contributed by atoms with E-state index in [1.807, 2.05) is 26.0 Å². The highest BCUT2D eigenvalue weighted by Crippen LogP contribution is 2.32. The second-order valence-corrected chi connectivity index (χ2v) is 6.44. The van der Waals surface area contributed by atoms with Crippen LogP contribution in [0.15, 0.2) is 34.8 Å². The lowest BCUT2D eigenvalue weighted by atomic mass is 10.1. The number of carbonyl (C=O) groups excluding carboxylic acids is 1. The number of methoxy groups -OCH3 is 1. The van der Waals surface area contributed by atoms with E-state index in [1.165, 1.54) is 7.11 Å². The Morgan fingerprint density at radius 1 is 1.29 bits per heavy atom. The molecule has 2 aromatic rings. The smallest absolute Gasteiger partial charge is 0.438 e. The van der Waals surface area contributed by atoms with Crippen LogP contribution in [-0.4, -0.2) is 18.4 Å². The maximum atomic E-state index is 11.5. The topological polar surface area (TPSA) is 59.0 Å². The van der Waals surface area contributed by atoms with Gasteiger partial charge >= 0.3 is 6.09 Å². The molecule has 24 heavy (non-hydrogen) atoms. The highest BCUT2D eigenvalue weighted by atomic mass is 79.9. The molecular weight excluding hydrogens is 398 g/mol. The summed E-state index contributed by atoms with van der Waals surface area (Å²) in [4.78, 5) is 11.5. The van der Waals surface area contributed by atoms with Gasteiger partial charge in [-0.2, -0.15) is 5.06 Å². The highest BCUT2D eigenvalue weighted by molar-refractivity contribution is 9.10. The van der Waals surface area contributed by atoms with Crippen LogP contribution < -0.4 is 9.80 Å². The molecule has 0 atom stereocenters. The number of rotatable bonds is 4. The van der Waals surface area contributed by atoms with Crippen LogP contribution in [0, 0.1) is 13.8 Å². The Morgan fingerprint density at radius 3 is 2.62 bits per heavy atom. The number of hydroxylamine groups is 1. The monoisotopic (exact) mass is 413 g/mol. The Bertz CT molecular complexity index is 766. The van der Waals surface area contributed by atoms with Crippen LogP contribution in [0.2, 0.25) is 5.02 Å². The number of ether oxygens (including phenoxy) is 2. The lowest BCUT2D eigenvalue weighted by Crippen LogP contribution is -2.28. The van der Waals surface area contributed by atoms with Crippen molar-refractivity contribution in [1.82, 2.24) is 0 Å². The Kier molecular flexibility index (Phi) is 6.10. The Hall–Kier alpha value is -1.76. The third kappa shape index (κ3) is 4.01. The molecule has 0 saturated carbocycles. The van der Waals surface area contributed by atoms with Crippen molar-refractivity contribution in [2.75, 3.05) is 12.2 Å². The van der Waals surface area contributed by atoms with Gasteiger partial charge in [0.25, 0.3) is 0 Å². The molecule has 0 radical (unpaired) electrons. The number of amides is 1. The molecule has 0 aliphatic rings. The van der Waals surface area contributed by atoms with Crippen LogP contribution in [0.3, 0.4) is 0 Å². The largest absolute Gasteiger partial charge is 0.488 e. The minimum Gasteiger partial charge on any atom is -0.488 e. The summed E-state index contributed by atoms with van der Waals surface area (Å²) in [6.07, 6.45) is -0.911. The van der Waals surface area contributed by atoms with Gasteiger partial charge in [-0.1, -0.05) is 17.7 Å². The number of anilines is 1. The number of halogens is 2. The van der Waals surface area contributed by atoms with Crippen LogP contribution in [0.1, 0.15) is 16.7 Å². The summed E-state index contributed by atoms with van der Waals surface area (Å²) < 4.78 is 11.2. The molecule has 1 amide bonds. The molecule has 0 aromatic heterocycles. The van der Waals surface area contributed by atoms with Gasteiger partial charge in [0.05, 0.1) is 17.3 Å². The van der Waals surface area contributed by atoms with Gasteiger partial charge in [0.1, 0.15) is 12.4 Å². The predicted octanol–water partition coefficient (Wildman–Crippen LogP) is 5.26. The van der Waals surface area contributed by atoms with Crippen molar-refractivity contribution in [2.45, 2.75) is 20.5 Å². The predicted molar refractivity (Wildman–Crippen MR) is 96.1 cm³/mol. The first-order valence-electron chi connectivity index (χ1n) is 7.09. The Balaban J connectivity index is 2.30. The minimum absolute atomic E-state index is 0.0736. The average molecular weight is 415 g/mol. The van der Waals surface area contributed by atoms with E-state index in [0.717, 1.165) is 15.6 Å².